The van der Waals surface area contributed by atoms with E-state index in [0.717, 1.165) is 40.3 Å². The van der Waals surface area contributed by atoms with Crippen LogP contribution < -0.4 is 5.32 Å². The van der Waals surface area contributed by atoms with E-state index in [-0.39, 0.29) is 0 Å². The van der Waals surface area contributed by atoms with E-state index in [1.165, 1.54) is 25.7 Å². The molecule has 2 aliphatic rings. The number of anilines is 1. The van der Waals surface area contributed by atoms with Crippen LogP contribution in [0.25, 0.3) is 10.2 Å². The van der Waals surface area contributed by atoms with E-state index in [9.17, 15) is 0 Å². The Morgan fingerprint density at radius 1 is 1.32 bits per heavy atom. The second kappa shape index (κ2) is 4.60. The highest BCUT2D eigenvalue weighted by atomic mass is 35.5. The van der Waals surface area contributed by atoms with Gasteiger partial charge in [0.2, 0.25) is 5.28 Å². The first-order valence-electron chi connectivity index (χ1n) is 6.94. The van der Waals surface area contributed by atoms with Gasteiger partial charge in [-0.2, -0.15) is 0 Å². The van der Waals surface area contributed by atoms with Gasteiger partial charge in [-0.1, -0.05) is 6.42 Å². The van der Waals surface area contributed by atoms with Gasteiger partial charge in [0.15, 0.2) is 0 Å². The van der Waals surface area contributed by atoms with Crippen molar-refractivity contribution in [3.8, 4) is 0 Å². The summed E-state index contributed by atoms with van der Waals surface area (Å²) < 4.78 is 0. The molecule has 3 unspecified atom stereocenters. The average Bonchev–Trinajstić information content (AvgIpc) is 3.10. The Bertz CT molecular complexity index is 612. The van der Waals surface area contributed by atoms with Crippen LogP contribution in [0.4, 0.5) is 5.82 Å². The zero-order valence-corrected chi connectivity index (χ0v) is 12.2. The first kappa shape index (κ1) is 11.9. The molecule has 0 aromatic carbocycles. The molecule has 0 aliphatic heterocycles. The minimum absolute atomic E-state index is 0.338. The molecule has 1 N–H and O–H groups in total. The molecule has 2 aliphatic carbocycles. The minimum atomic E-state index is 0.338. The fourth-order valence-corrected chi connectivity index (χ4v) is 4.80. The molecule has 3 atom stereocenters. The van der Waals surface area contributed by atoms with Gasteiger partial charge in [-0.15, -0.1) is 11.3 Å². The highest BCUT2D eigenvalue weighted by Gasteiger charge is 2.39. The second-order valence-electron chi connectivity index (χ2n) is 5.80. The van der Waals surface area contributed by atoms with Crippen LogP contribution in [0.15, 0.2) is 11.4 Å². The van der Waals surface area contributed by atoms with Gasteiger partial charge in [-0.3, -0.25) is 0 Å². The summed E-state index contributed by atoms with van der Waals surface area (Å²) >= 11 is 7.59. The predicted molar refractivity (Wildman–Crippen MR) is 79.9 cm³/mol. The third-order valence-corrected chi connectivity index (χ3v) is 5.69. The predicted octanol–water partition coefficient (Wildman–Crippen LogP) is 4.19. The number of nitrogens with one attached hydrogen (secondary N) is 1. The number of aromatic nitrogens is 2. The highest BCUT2D eigenvalue weighted by Crippen LogP contribution is 2.48. The van der Waals surface area contributed by atoms with E-state index in [1.54, 1.807) is 11.3 Å². The van der Waals surface area contributed by atoms with Gasteiger partial charge in [-0.25, -0.2) is 9.97 Å². The van der Waals surface area contributed by atoms with Crippen molar-refractivity contribution in [3.05, 3.63) is 16.7 Å². The van der Waals surface area contributed by atoms with Gasteiger partial charge < -0.3 is 5.32 Å². The van der Waals surface area contributed by atoms with Crippen molar-refractivity contribution in [2.75, 3.05) is 11.9 Å². The molecule has 19 heavy (non-hydrogen) atoms. The lowest BCUT2D eigenvalue weighted by molar-refractivity contribution is 0.348. The van der Waals surface area contributed by atoms with Crippen LogP contribution in [-0.2, 0) is 0 Å². The number of hydrogen-bond donors (Lipinski definition) is 1. The van der Waals surface area contributed by atoms with Crippen molar-refractivity contribution < 1.29 is 0 Å². The molecule has 0 amide bonds. The first-order chi connectivity index (χ1) is 9.29. The third kappa shape index (κ3) is 2.11. The van der Waals surface area contributed by atoms with Gasteiger partial charge in [0.25, 0.3) is 0 Å². The summed E-state index contributed by atoms with van der Waals surface area (Å²) in [5, 5.41) is 6.99. The van der Waals surface area contributed by atoms with Crippen LogP contribution in [0.5, 0.6) is 0 Å². The monoisotopic (exact) mass is 293 g/mol. The molecule has 0 saturated heterocycles. The van der Waals surface area contributed by atoms with E-state index >= 15 is 0 Å². The Kier molecular flexibility index (Phi) is 2.88. The zero-order chi connectivity index (χ0) is 12.8. The van der Waals surface area contributed by atoms with Gasteiger partial charge in [-0.05, 0) is 60.1 Å². The molecule has 2 bridgehead atoms. The van der Waals surface area contributed by atoms with Crippen LogP contribution in [0.1, 0.15) is 25.7 Å². The Hall–Kier alpha value is -0.870. The van der Waals surface area contributed by atoms with E-state index < -0.39 is 0 Å². The quantitative estimate of drug-likeness (QED) is 0.862. The largest absolute Gasteiger partial charge is 0.369 e. The summed E-state index contributed by atoms with van der Waals surface area (Å²) in [6, 6.07) is 2.07. The Morgan fingerprint density at radius 3 is 3.05 bits per heavy atom. The van der Waals surface area contributed by atoms with Crippen molar-refractivity contribution >= 4 is 39.0 Å². The number of fused-ring (bicyclic) bond motifs is 3. The number of rotatable bonds is 3. The number of nitrogens with zero attached hydrogens (tertiary/aromatic N) is 2. The molecule has 4 rings (SSSR count). The SMILES string of the molecule is Clc1nc(NCC2CC3CCC2C3)c2ccsc2n1. The van der Waals surface area contributed by atoms with Crippen molar-refractivity contribution in [2.24, 2.45) is 17.8 Å². The Morgan fingerprint density at radius 2 is 2.26 bits per heavy atom. The third-order valence-electron chi connectivity index (χ3n) is 4.71. The van der Waals surface area contributed by atoms with Crippen LogP contribution in [0.3, 0.4) is 0 Å². The number of hydrogen-bond acceptors (Lipinski definition) is 4. The maximum Gasteiger partial charge on any atom is 0.225 e. The van der Waals surface area contributed by atoms with Crippen LogP contribution in [0.2, 0.25) is 5.28 Å². The molecular weight excluding hydrogens is 278 g/mol. The maximum atomic E-state index is 5.98. The summed E-state index contributed by atoms with van der Waals surface area (Å²) in [5.74, 6) is 3.65. The molecule has 100 valence electrons. The first-order valence-corrected chi connectivity index (χ1v) is 8.20. The van der Waals surface area contributed by atoms with E-state index in [2.05, 4.69) is 21.4 Å². The lowest BCUT2D eigenvalue weighted by atomic mass is 9.89. The molecule has 0 spiro atoms. The minimum Gasteiger partial charge on any atom is -0.369 e. The normalized spacial score (nSPS) is 29.2. The van der Waals surface area contributed by atoms with Gasteiger partial charge in [0.05, 0.1) is 5.39 Å². The number of thiophene rings is 1. The van der Waals surface area contributed by atoms with Crippen molar-refractivity contribution in [3.63, 3.8) is 0 Å². The lowest BCUT2D eigenvalue weighted by Gasteiger charge is -2.22. The molecule has 2 aromatic heterocycles. The second-order valence-corrected chi connectivity index (χ2v) is 7.03. The van der Waals surface area contributed by atoms with E-state index in [0.29, 0.717) is 5.28 Å². The molecule has 0 radical (unpaired) electrons. The molecule has 2 saturated carbocycles. The van der Waals surface area contributed by atoms with Crippen molar-refractivity contribution in [2.45, 2.75) is 25.7 Å². The Labute approximate surface area is 121 Å². The summed E-state index contributed by atoms with van der Waals surface area (Å²) in [7, 11) is 0. The summed E-state index contributed by atoms with van der Waals surface area (Å²) in [4.78, 5) is 9.56. The molecule has 2 fully saturated rings. The molecule has 2 heterocycles. The molecule has 3 nitrogen and oxygen atoms in total. The summed E-state index contributed by atoms with van der Waals surface area (Å²) in [5.41, 5.74) is 0. The van der Waals surface area contributed by atoms with Crippen molar-refractivity contribution in [1.29, 1.82) is 0 Å². The topological polar surface area (TPSA) is 37.8 Å². The van der Waals surface area contributed by atoms with Gasteiger partial charge >= 0.3 is 0 Å². The highest BCUT2D eigenvalue weighted by molar-refractivity contribution is 7.16. The number of halogens is 1. The maximum absolute atomic E-state index is 5.98. The summed E-state index contributed by atoms with van der Waals surface area (Å²) in [6.45, 7) is 1.03. The molecule has 2 aromatic rings. The van der Waals surface area contributed by atoms with E-state index in [1.807, 2.05) is 5.38 Å². The Balaban J connectivity index is 1.53. The van der Waals surface area contributed by atoms with Gasteiger partial charge in [0, 0.05) is 6.54 Å². The van der Waals surface area contributed by atoms with Crippen molar-refractivity contribution in [1.82, 2.24) is 9.97 Å². The molecular formula is C14H16ClN3S. The lowest BCUT2D eigenvalue weighted by Crippen LogP contribution is -2.20. The smallest absolute Gasteiger partial charge is 0.225 e. The van der Waals surface area contributed by atoms with Crippen LogP contribution in [0, 0.1) is 17.8 Å². The fraction of sp³-hybridized carbons (Fsp3) is 0.571. The van der Waals surface area contributed by atoms with Crippen LogP contribution >= 0.6 is 22.9 Å². The van der Waals surface area contributed by atoms with E-state index in [4.69, 9.17) is 11.6 Å². The molecule has 5 heteroatoms. The zero-order valence-electron chi connectivity index (χ0n) is 10.6. The average molecular weight is 294 g/mol. The van der Waals surface area contributed by atoms with Gasteiger partial charge in [0.1, 0.15) is 10.6 Å². The standard InChI is InChI=1S/C14H16ClN3S/c15-14-17-12(11-3-4-19-13(11)18-14)16-7-10-6-8-1-2-9(10)5-8/h3-4,8-10H,1-2,5-7H2,(H,16,17,18). The fourth-order valence-electron chi connectivity index (χ4n) is 3.82. The summed E-state index contributed by atoms with van der Waals surface area (Å²) in [6.07, 6.45) is 5.72. The van der Waals surface area contributed by atoms with Crippen LogP contribution in [-0.4, -0.2) is 16.5 Å².